The Balaban J connectivity index is 2.11. The Kier molecular flexibility index (Phi) is 2.99. The van der Waals surface area contributed by atoms with Crippen LogP contribution in [0.4, 0.5) is 5.69 Å². The molecule has 0 heterocycles. The molecule has 1 aromatic carbocycles. The molecule has 1 saturated carbocycles. The van der Waals surface area contributed by atoms with Crippen LogP contribution < -0.4 is 0 Å². The molecule has 3 heteroatoms. The van der Waals surface area contributed by atoms with Crippen molar-refractivity contribution in [3.8, 4) is 0 Å². The highest BCUT2D eigenvalue weighted by molar-refractivity contribution is 5.39. The second kappa shape index (κ2) is 4.43. The zero-order valence-electron chi connectivity index (χ0n) is 8.61. The van der Waals surface area contributed by atoms with E-state index in [9.17, 15) is 10.1 Å². The number of nitro benzene ring substituents is 1. The maximum Gasteiger partial charge on any atom is 0.269 e. The summed E-state index contributed by atoms with van der Waals surface area (Å²) in [4.78, 5) is 10.1. The van der Waals surface area contributed by atoms with Crippen molar-refractivity contribution in [3.05, 3.63) is 45.9 Å². The molecular weight excluding hydrogens is 190 g/mol. The summed E-state index contributed by atoms with van der Waals surface area (Å²) < 4.78 is 0. The Labute approximate surface area is 89.3 Å². The molecule has 0 unspecified atom stereocenters. The van der Waals surface area contributed by atoms with Gasteiger partial charge in [0.15, 0.2) is 0 Å². The van der Waals surface area contributed by atoms with Crippen molar-refractivity contribution in [2.24, 2.45) is 0 Å². The lowest BCUT2D eigenvalue weighted by molar-refractivity contribution is -0.384. The predicted octanol–water partition coefficient (Wildman–Crippen LogP) is 3.48. The van der Waals surface area contributed by atoms with Crippen molar-refractivity contribution in [1.82, 2.24) is 0 Å². The van der Waals surface area contributed by atoms with Crippen LogP contribution >= 0.6 is 0 Å². The second-order valence-electron chi connectivity index (χ2n) is 3.97. The predicted molar refractivity (Wildman–Crippen MR) is 58.5 cm³/mol. The van der Waals surface area contributed by atoms with Crippen LogP contribution in [-0.4, -0.2) is 4.92 Å². The van der Waals surface area contributed by atoms with Crippen LogP contribution in [0.3, 0.4) is 0 Å². The highest BCUT2D eigenvalue weighted by Gasteiger charge is 2.16. The molecule has 0 aliphatic heterocycles. The van der Waals surface area contributed by atoms with Crippen molar-refractivity contribution < 1.29 is 4.92 Å². The number of non-ortho nitro benzene ring substituents is 1. The molecule has 0 amide bonds. The van der Waals surface area contributed by atoms with E-state index in [1.807, 2.05) is 12.1 Å². The topological polar surface area (TPSA) is 43.1 Å². The largest absolute Gasteiger partial charge is 0.269 e. The zero-order valence-corrected chi connectivity index (χ0v) is 8.61. The van der Waals surface area contributed by atoms with E-state index in [0.29, 0.717) is 0 Å². The van der Waals surface area contributed by atoms with Gasteiger partial charge in [0.05, 0.1) is 4.92 Å². The number of nitro groups is 1. The van der Waals surface area contributed by atoms with Gasteiger partial charge in [-0.15, -0.1) is 0 Å². The Morgan fingerprint density at radius 2 is 1.60 bits per heavy atom. The summed E-state index contributed by atoms with van der Waals surface area (Å²) in [5.41, 5.74) is 1.36. The summed E-state index contributed by atoms with van der Waals surface area (Å²) in [5.74, 6) is 1.45. The minimum Gasteiger partial charge on any atom is -0.258 e. The first-order chi connectivity index (χ1) is 7.27. The van der Waals surface area contributed by atoms with Crippen molar-refractivity contribution in [2.45, 2.75) is 32.1 Å². The Bertz CT molecular complexity index is 339. The molecule has 79 valence electrons. The van der Waals surface area contributed by atoms with Crippen LogP contribution in [0.2, 0.25) is 0 Å². The Hall–Kier alpha value is -1.38. The van der Waals surface area contributed by atoms with Gasteiger partial charge in [0.2, 0.25) is 0 Å². The van der Waals surface area contributed by atoms with Gasteiger partial charge in [-0.05, 0) is 18.4 Å². The SMILES string of the molecule is O=[N+]([O-])c1ccc([C]2CCCCC2)cc1. The van der Waals surface area contributed by atoms with E-state index in [2.05, 4.69) is 0 Å². The Morgan fingerprint density at radius 3 is 2.13 bits per heavy atom. The van der Waals surface area contributed by atoms with E-state index in [0.717, 1.165) is 12.8 Å². The molecule has 1 aliphatic rings. The second-order valence-corrected chi connectivity index (χ2v) is 3.97. The summed E-state index contributed by atoms with van der Waals surface area (Å²) in [7, 11) is 0. The molecule has 3 nitrogen and oxygen atoms in total. The van der Waals surface area contributed by atoms with Crippen molar-refractivity contribution in [2.75, 3.05) is 0 Å². The van der Waals surface area contributed by atoms with Crippen LogP contribution in [-0.2, 0) is 0 Å². The third kappa shape index (κ3) is 2.35. The fourth-order valence-corrected chi connectivity index (χ4v) is 2.09. The van der Waals surface area contributed by atoms with Crippen LogP contribution in [0.5, 0.6) is 0 Å². The Morgan fingerprint density at radius 1 is 1.00 bits per heavy atom. The number of hydrogen-bond donors (Lipinski definition) is 0. The maximum atomic E-state index is 10.5. The number of rotatable bonds is 2. The van der Waals surface area contributed by atoms with Gasteiger partial charge in [0, 0.05) is 18.1 Å². The molecule has 1 aromatic rings. The van der Waals surface area contributed by atoms with Crippen molar-refractivity contribution in [3.63, 3.8) is 0 Å². The van der Waals surface area contributed by atoms with Crippen LogP contribution in [0.25, 0.3) is 0 Å². The zero-order chi connectivity index (χ0) is 10.7. The maximum absolute atomic E-state index is 10.5. The average Bonchev–Trinajstić information content (AvgIpc) is 2.30. The van der Waals surface area contributed by atoms with Gasteiger partial charge in [-0.1, -0.05) is 31.4 Å². The fraction of sp³-hybridized carbons (Fsp3) is 0.417. The third-order valence-corrected chi connectivity index (χ3v) is 2.94. The van der Waals surface area contributed by atoms with Crippen LogP contribution in [0.1, 0.15) is 37.7 Å². The highest BCUT2D eigenvalue weighted by Crippen LogP contribution is 2.32. The van der Waals surface area contributed by atoms with Gasteiger partial charge in [0.1, 0.15) is 0 Å². The smallest absolute Gasteiger partial charge is 0.258 e. The lowest BCUT2D eigenvalue weighted by atomic mass is 9.84. The molecule has 0 bridgehead atoms. The summed E-state index contributed by atoms with van der Waals surface area (Å²) in [6.45, 7) is 0. The summed E-state index contributed by atoms with van der Waals surface area (Å²) in [6.07, 6.45) is 6.13. The molecule has 1 fully saturated rings. The minimum absolute atomic E-state index is 0.176. The summed E-state index contributed by atoms with van der Waals surface area (Å²) in [6, 6.07) is 6.94. The van der Waals surface area contributed by atoms with Gasteiger partial charge < -0.3 is 0 Å². The fourth-order valence-electron chi connectivity index (χ4n) is 2.09. The van der Waals surface area contributed by atoms with Gasteiger partial charge in [0.25, 0.3) is 5.69 Å². The van der Waals surface area contributed by atoms with Crippen molar-refractivity contribution >= 4 is 5.69 Å². The lowest BCUT2D eigenvalue weighted by Crippen LogP contribution is -2.05. The van der Waals surface area contributed by atoms with Gasteiger partial charge in [-0.3, -0.25) is 10.1 Å². The van der Waals surface area contributed by atoms with Gasteiger partial charge in [-0.2, -0.15) is 0 Å². The molecule has 0 atom stereocenters. The van der Waals surface area contributed by atoms with E-state index in [1.165, 1.54) is 30.7 Å². The molecule has 1 aliphatic carbocycles. The quantitative estimate of drug-likeness (QED) is 0.546. The first-order valence-electron chi connectivity index (χ1n) is 5.37. The number of benzene rings is 1. The molecule has 0 spiro atoms. The number of hydrogen-bond acceptors (Lipinski definition) is 2. The molecule has 15 heavy (non-hydrogen) atoms. The molecule has 0 saturated heterocycles. The number of nitrogens with zero attached hydrogens (tertiary/aromatic N) is 1. The normalized spacial score (nSPS) is 17.6. The third-order valence-electron chi connectivity index (χ3n) is 2.94. The van der Waals surface area contributed by atoms with Crippen LogP contribution in [0.15, 0.2) is 24.3 Å². The summed E-state index contributed by atoms with van der Waals surface area (Å²) >= 11 is 0. The van der Waals surface area contributed by atoms with E-state index in [-0.39, 0.29) is 10.6 Å². The van der Waals surface area contributed by atoms with E-state index < -0.39 is 0 Å². The average molecular weight is 204 g/mol. The monoisotopic (exact) mass is 204 g/mol. The molecule has 0 N–H and O–H groups in total. The molecule has 2 rings (SSSR count). The first kappa shape index (κ1) is 10.1. The highest BCUT2D eigenvalue weighted by atomic mass is 16.6. The minimum atomic E-state index is -0.352. The van der Waals surface area contributed by atoms with E-state index in [4.69, 9.17) is 0 Å². The van der Waals surface area contributed by atoms with Crippen molar-refractivity contribution in [1.29, 1.82) is 0 Å². The lowest BCUT2D eigenvalue weighted by Gasteiger charge is -2.20. The van der Waals surface area contributed by atoms with Gasteiger partial charge >= 0.3 is 0 Å². The summed E-state index contributed by atoms with van der Waals surface area (Å²) in [5, 5.41) is 10.5. The van der Waals surface area contributed by atoms with Gasteiger partial charge in [-0.25, -0.2) is 0 Å². The molecule has 1 radical (unpaired) electrons. The van der Waals surface area contributed by atoms with E-state index >= 15 is 0 Å². The van der Waals surface area contributed by atoms with E-state index in [1.54, 1.807) is 12.1 Å². The standard InChI is InChI=1S/C12H14NO2/c14-13(15)12-8-6-11(7-9-12)10-4-2-1-3-5-10/h6-9H,1-5H2. The first-order valence-corrected chi connectivity index (χ1v) is 5.37. The molecular formula is C12H14NO2. The van der Waals surface area contributed by atoms with Crippen LogP contribution in [0, 0.1) is 16.0 Å². The molecule has 0 aromatic heterocycles.